The van der Waals surface area contributed by atoms with Gasteiger partial charge in [-0.15, -0.1) is 0 Å². The van der Waals surface area contributed by atoms with Crippen LogP contribution >= 0.6 is 0 Å². The van der Waals surface area contributed by atoms with E-state index in [0.717, 1.165) is 57.4 Å². The number of hydrogen-bond acceptors (Lipinski definition) is 4. The summed E-state index contributed by atoms with van der Waals surface area (Å²) in [6.45, 7) is 2.79. The molecule has 8 heteroatoms. The Morgan fingerprint density at radius 2 is 1.94 bits per heavy atom. The summed E-state index contributed by atoms with van der Waals surface area (Å²) in [5.74, 6) is 0.420. The van der Waals surface area contributed by atoms with E-state index in [4.69, 9.17) is 4.74 Å². The molecule has 0 bridgehead atoms. The Morgan fingerprint density at radius 1 is 1.16 bits per heavy atom. The first-order valence-corrected chi connectivity index (χ1v) is 10.7. The van der Waals surface area contributed by atoms with E-state index in [1.54, 1.807) is 19.2 Å². The van der Waals surface area contributed by atoms with Gasteiger partial charge in [0.2, 0.25) is 5.88 Å². The van der Waals surface area contributed by atoms with Gasteiger partial charge in [-0.3, -0.25) is 9.78 Å². The zero-order valence-electron chi connectivity index (χ0n) is 17.9. The summed E-state index contributed by atoms with van der Waals surface area (Å²) in [7, 11) is 1.63. The summed E-state index contributed by atoms with van der Waals surface area (Å²) >= 11 is 0. The van der Waals surface area contributed by atoms with Crippen LogP contribution in [-0.4, -0.2) is 33.3 Å². The standard InChI is InChI=1S/C24H24N4O4/c1-3-13-4-6-14(7-5-13)28-23(30)19(22(29)27-24(28)31)21-20-16(10-11-25-21)17-12-15(32-2)8-9-18(17)26-20/h4-9,12,21,25-26,30H,3,10-11H2,1-2H3,(H,27,29,31)/p+1/t21-/m0/s1. The minimum absolute atomic E-state index is 0.156. The largest absolute Gasteiger partial charge is 0.497 e. The van der Waals surface area contributed by atoms with E-state index < -0.39 is 17.3 Å². The minimum atomic E-state index is -0.669. The van der Waals surface area contributed by atoms with Crippen molar-refractivity contribution in [2.45, 2.75) is 25.8 Å². The van der Waals surface area contributed by atoms with Crippen molar-refractivity contribution in [1.82, 2.24) is 14.5 Å². The molecular weight excluding hydrogens is 408 g/mol. The molecule has 2 aromatic heterocycles. The number of benzene rings is 2. The van der Waals surface area contributed by atoms with Crippen LogP contribution in [0.4, 0.5) is 0 Å². The zero-order valence-corrected chi connectivity index (χ0v) is 17.9. The third-order valence-corrected chi connectivity index (χ3v) is 6.29. The molecule has 32 heavy (non-hydrogen) atoms. The Bertz CT molecular complexity index is 1430. The number of quaternary nitrogens is 1. The summed E-state index contributed by atoms with van der Waals surface area (Å²) < 4.78 is 6.53. The van der Waals surface area contributed by atoms with Gasteiger partial charge in [0.1, 0.15) is 11.3 Å². The van der Waals surface area contributed by atoms with E-state index in [0.29, 0.717) is 5.69 Å². The van der Waals surface area contributed by atoms with Crippen molar-refractivity contribution in [1.29, 1.82) is 0 Å². The van der Waals surface area contributed by atoms with Crippen molar-refractivity contribution in [2.24, 2.45) is 0 Å². The third-order valence-electron chi connectivity index (χ3n) is 6.29. The Balaban J connectivity index is 1.69. The highest BCUT2D eigenvalue weighted by Gasteiger charge is 2.34. The lowest BCUT2D eigenvalue weighted by Gasteiger charge is -2.22. The lowest BCUT2D eigenvalue weighted by atomic mass is 9.95. The lowest BCUT2D eigenvalue weighted by Crippen LogP contribution is -2.87. The molecule has 0 spiro atoms. The van der Waals surface area contributed by atoms with Crippen LogP contribution in [-0.2, 0) is 12.8 Å². The van der Waals surface area contributed by atoms with Crippen molar-refractivity contribution in [2.75, 3.05) is 13.7 Å². The molecule has 3 heterocycles. The minimum Gasteiger partial charge on any atom is -0.497 e. The first-order chi connectivity index (χ1) is 15.5. The van der Waals surface area contributed by atoms with Crippen molar-refractivity contribution in [3.63, 3.8) is 0 Å². The van der Waals surface area contributed by atoms with E-state index in [-0.39, 0.29) is 11.4 Å². The quantitative estimate of drug-likeness (QED) is 0.390. The van der Waals surface area contributed by atoms with Crippen LogP contribution in [0.25, 0.3) is 16.6 Å². The number of aromatic amines is 2. The fourth-order valence-electron chi connectivity index (χ4n) is 4.62. The molecule has 0 saturated carbocycles. The van der Waals surface area contributed by atoms with E-state index in [9.17, 15) is 14.7 Å². The molecular formula is C24H25N4O4+. The van der Waals surface area contributed by atoms with E-state index in [2.05, 4.69) is 9.97 Å². The number of nitrogens with one attached hydrogen (secondary N) is 2. The molecule has 0 unspecified atom stereocenters. The molecule has 1 aliphatic rings. The van der Waals surface area contributed by atoms with E-state index in [1.807, 2.05) is 42.6 Å². The van der Waals surface area contributed by atoms with Crippen molar-refractivity contribution in [3.8, 4) is 17.3 Å². The average Bonchev–Trinajstić information content (AvgIpc) is 3.18. The Hall–Kier alpha value is -3.78. The number of fused-ring (bicyclic) bond motifs is 3. The monoisotopic (exact) mass is 433 g/mol. The molecule has 5 N–H and O–H groups in total. The lowest BCUT2D eigenvalue weighted by molar-refractivity contribution is -0.690. The van der Waals surface area contributed by atoms with Crippen molar-refractivity contribution in [3.05, 3.63) is 85.7 Å². The van der Waals surface area contributed by atoms with Gasteiger partial charge in [-0.05, 0) is 47.9 Å². The Labute approximate surface area is 183 Å². The number of nitrogens with zero attached hydrogens (tertiary/aromatic N) is 1. The average molecular weight is 433 g/mol. The van der Waals surface area contributed by atoms with Gasteiger partial charge < -0.3 is 20.1 Å². The molecule has 0 amide bonds. The summed E-state index contributed by atoms with van der Waals surface area (Å²) in [6, 6.07) is 12.7. The second kappa shape index (κ2) is 7.72. The topological polar surface area (TPSA) is 117 Å². The number of nitrogens with two attached hydrogens (primary N) is 1. The van der Waals surface area contributed by atoms with Gasteiger partial charge in [-0.2, -0.15) is 0 Å². The summed E-state index contributed by atoms with van der Waals surface area (Å²) in [5, 5.41) is 14.2. The molecule has 0 radical (unpaired) electrons. The normalized spacial score (nSPS) is 15.6. The highest BCUT2D eigenvalue weighted by molar-refractivity contribution is 5.86. The number of aromatic hydroxyl groups is 1. The number of hydrogen-bond donors (Lipinski definition) is 4. The predicted molar refractivity (Wildman–Crippen MR) is 121 cm³/mol. The highest BCUT2D eigenvalue weighted by atomic mass is 16.5. The summed E-state index contributed by atoms with van der Waals surface area (Å²) in [4.78, 5) is 31.3. The smallest absolute Gasteiger partial charge is 0.335 e. The molecule has 1 atom stereocenters. The molecule has 5 rings (SSSR count). The van der Waals surface area contributed by atoms with Crippen LogP contribution in [0.1, 0.15) is 35.3 Å². The predicted octanol–water partition coefficient (Wildman–Crippen LogP) is 1.49. The first kappa shape index (κ1) is 20.1. The fraction of sp³-hybridized carbons (Fsp3) is 0.250. The number of aryl methyl sites for hydroxylation is 1. The molecule has 4 aromatic rings. The van der Waals surface area contributed by atoms with Gasteiger partial charge in [0.25, 0.3) is 5.56 Å². The molecule has 0 saturated heterocycles. The van der Waals surface area contributed by atoms with Gasteiger partial charge in [0.15, 0.2) is 6.04 Å². The molecule has 0 aliphatic carbocycles. The van der Waals surface area contributed by atoms with Crippen LogP contribution in [0.15, 0.2) is 52.1 Å². The number of methoxy groups -OCH3 is 1. The van der Waals surface area contributed by atoms with Gasteiger partial charge >= 0.3 is 5.69 Å². The Kier molecular flexibility index (Phi) is 4.86. The Morgan fingerprint density at radius 3 is 2.66 bits per heavy atom. The van der Waals surface area contributed by atoms with Crippen molar-refractivity contribution < 1.29 is 15.2 Å². The van der Waals surface area contributed by atoms with Crippen LogP contribution in [0.5, 0.6) is 11.6 Å². The highest BCUT2D eigenvalue weighted by Crippen LogP contribution is 2.34. The maximum absolute atomic E-state index is 12.9. The molecule has 0 fully saturated rings. The zero-order chi connectivity index (χ0) is 22.4. The second-order valence-electron chi connectivity index (χ2n) is 8.03. The van der Waals surface area contributed by atoms with Crippen LogP contribution in [0.3, 0.4) is 0 Å². The molecule has 164 valence electrons. The number of aromatic nitrogens is 3. The van der Waals surface area contributed by atoms with Gasteiger partial charge in [0, 0.05) is 17.3 Å². The third kappa shape index (κ3) is 3.11. The fourth-order valence-corrected chi connectivity index (χ4v) is 4.62. The second-order valence-corrected chi connectivity index (χ2v) is 8.03. The molecule has 8 nitrogen and oxygen atoms in total. The van der Waals surface area contributed by atoms with Gasteiger partial charge in [-0.1, -0.05) is 19.1 Å². The van der Waals surface area contributed by atoms with Crippen LogP contribution in [0.2, 0.25) is 0 Å². The van der Waals surface area contributed by atoms with Gasteiger partial charge in [0.05, 0.1) is 25.0 Å². The maximum atomic E-state index is 12.9. The summed E-state index contributed by atoms with van der Waals surface area (Å²) in [6.07, 6.45) is 1.68. The SMILES string of the molecule is CCc1ccc(-n2c(O)c([C@@H]3[NH2+]CCc4c3[nH]c3ccc(OC)cc43)c(=O)[nH]c2=O)cc1. The first-order valence-electron chi connectivity index (χ1n) is 10.7. The van der Waals surface area contributed by atoms with Crippen LogP contribution < -0.4 is 21.3 Å². The molecule has 2 aromatic carbocycles. The van der Waals surface area contributed by atoms with Crippen molar-refractivity contribution >= 4 is 10.9 Å². The maximum Gasteiger partial charge on any atom is 0.335 e. The number of ether oxygens (including phenoxy) is 1. The molecule has 1 aliphatic heterocycles. The van der Waals surface area contributed by atoms with E-state index in [1.165, 1.54) is 0 Å². The summed E-state index contributed by atoms with van der Waals surface area (Å²) in [5.41, 5.74) is 3.41. The van der Waals surface area contributed by atoms with Gasteiger partial charge in [-0.25, -0.2) is 9.36 Å². The van der Waals surface area contributed by atoms with E-state index >= 15 is 0 Å². The number of H-pyrrole nitrogens is 2. The van der Waals surface area contributed by atoms with Crippen LogP contribution in [0, 0.1) is 0 Å². The number of rotatable bonds is 4.